The maximum absolute atomic E-state index is 8.17. The van der Waals surface area contributed by atoms with Crippen LogP contribution < -0.4 is 0 Å². The van der Waals surface area contributed by atoms with Gasteiger partial charge in [0, 0.05) is 0 Å². The summed E-state index contributed by atoms with van der Waals surface area (Å²) < 4.78 is 5.14. The van der Waals surface area contributed by atoms with Gasteiger partial charge in [0.2, 0.25) is 0 Å². The van der Waals surface area contributed by atoms with Crippen LogP contribution in [0.5, 0.6) is 0 Å². The third-order valence-corrected chi connectivity index (χ3v) is 1.32. The van der Waals surface area contributed by atoms with E-state index in [1.807, 2.05) is 38.2 Å². The molecule has 0 atom stereocenters. The smallest absolute Gasteiger partial charge is 0.100 e. The molecule has 3 N–H and O–H groups in total. The fourth-order valence-electron chi connectivity index (χ4n) is 0.454. The molecule has 0 saturated carbocycles. The third-order valence-electron chi connectivity index (χ3n) is 1.32. The van der Waals surface area contributed by atoms with E-state index in [9.17, 15) is 0 Å². The zero-order valence-corrected chi connectivity index (χ0v) is 9.47. The summed E-state index contributed by atoms with van der Waals surface area (Å²) in [5, 5.41) is 24.0. The fraction of sp³-hybridized carbons (Fsp3) is 0.636. The van der Waals surface area contributed by atoms with Crippen molar-refractivity contribution in [2.45, 2.75) is 20.0 Å². The van der Waals surface area contributed by atoms with Crippen molar-refractivity contribution in [3.8, 4) is 0 Å². The highest BCUT2D eigenvalue weighted by atomic mass is 16.5. The van der Waals surface area contributed by atoms with Gasteiger partial charge in [0.05, 0.1) is 26.4 Å². The van der Waals surface area contributed by atoms with Gasteiger partial charge in [0.1, 0.15) is 6.10 Å². The molecule has 0 heterocycles. The van der Waals surface area contributed by atoms with Crippen LogP contribution in [0.25, 0.3) is 0 Å². The lowest BCUT2D eigenvalue weighted by atomic mass is 10.4. The Kier molecular flexibility index (Phi) is 17.6. The molecule has 0 rings (SSSR count). The second kappa shape index (κ2) is 15.8. The molecule has 0 unspecified atom stereocenters. The minimum Gasteiger partial charge on any atom is -0.394 e. The van der Waals surface area contributed by atoms with E-state index in [0.717, 1.165) is 13.2 Å². The molecule has 0 aliphatic rings. The Morgan fingerprint density at radius 3 is 1.60 bits per heavy atom. The number of ether oxygens (including phenoxy) is 1. The van der Waals surface area contributed by atoms with Crippen LogP contribution in [-0.4, -0.2) is 47.9 Å². The largest absolute Gasteiger partial charge is 0.394 e. The summed E-state index contributed by atoms with van der Waals surface area (Å²) in [4.78, 5) is 0. The van der Waals surface area contributed by atoms with Crippen LogP contribution in [0.15, 0.2) is 24.3 Å². The molecule has 0 aromatic rings. The molecule has 0 aliphatic carbocycles. The van der Waals surface area contributed by atoms with E-state index in [4.69, 9.17) is 20.1 Å². The van der Waals surface area contributed by atoms with Crippen molar-refractivity contribution in [2.75, 3.05) is 26.4 Å². The molecule has 0 fully saturated rings. The van der Waals surface area contributed by atoms with Crippen molar-refractivity contribution in [1.29, 1.82) is 0 Å². The van der Waals surface area contributed by atoms with Gasteiger partial charge in [-0.15, -0.1) is 0 Å². The molecule has 0 aliphatic heterocycles. The van der Waals surface area contributed by atoms with E-state index < -0.39 is 6.10 Å². The van der Waals surface area contributed by atoms with Crippen LogP contribution in [0, 0.1) is 0 Å². The summed E-state index contributed by atoms with van der Waals surface area (Å²) in [5.41, 5.74) is 0. The van der Waals surface area contributed by atoms with Gasteiger partial charge in [-0.1, -0.05) is 24.3 Å². The number of allylic oxidation sites excluding steroid dienone is 2. The quantitative estimate of drug-likeness (QED) is 0.448. The zero-order chi connectivity index (χ0) is 11.9. The molecule has 4 nitrogen and oxygen atoms in total. The first-order valence-electron chi connectivity index (χ1n) is 4.92. The van der Waals surface area contributed by atoms with Crippen molar-refractivity contribution >= 4 is 0 Å². The number of rotatable bonds is 6. The molecule has 90 valence electrons. The van der Waals surface area contributed by atoms with Gasteiger partial charge in [-0.25, -0.2) is 0 Å². The van der Waals surface area contributed by atoms with E-state index in [1.54, 1.807) is 0 Å². The molecule has 0 amide bonds. The highest BCUT2D eigenvalue weighted by molar-refractivity contribution is 4.79. The molecule has 4 heteroatoms. The first kappa shape index (κ1) is 16.7. The predicted octanol–water partition coefficient (Wildman–Crippen LogP) is 0.487. The summed E-state index contributed by atoms with van der Waals surface area (Å²) in [7, 11) is 0. The van der Waals surface area contributed by atoms with Crippen molar-refractivity contribution < 1.29 is 20.1 Å². The van der Waals surface area contributed by atoms with Crippen LogP contribution in [0.1, 0.15) is 13.8 Å². The first-order chi connectivity index (χ1) is 7.22. The molecule has 0 saturated heterocycles. The molecule has 0 aromatic carbocycles. The van der Waals surface area contributed by atoms with E-state index in [1.165, 1.54) is 0 Å². The van der Waals surface area contributed by atoms with Crippen molar-refractivity contribution in [2.24, 2.45) is 0 Å². The van der Waals surface area contributed by atoms with Crippen molar-refractivity contribution in [3.63, 3.8) is 0 Å². The van der Waals surface area contributed by atoms with Gasteiger partial charge in [0.25, 0.3) is 0 Å². The van der Waals surface area contributed by atoms with E-state index in [-0.39, 0.29) is 13.2 Å². The number of hydrogen-bond donors (Lipinski definition) is 3. The SMILES string of the molecule is CC=CCOCC=CC.OCC(O)CO. The molecular weight excluding hydrogens is 196 g/mol. The average molecular weight is 218 g/mol. The average Bonchev–Trinajstić information content (AvgIpc) is 2.29. The lowest BCUT2D eigenvalue weighted by Crippen LogP contribution is -2.15. The van der Waals surface area contributed by atoms with Crippen LogP contribution in [0.2, 0.25) is 0 Å². The van der Waals surface area contributed by atoms with Crippen LogP contribution in [0.3, 0.4) is 0 Å². The highest BCUT2D eigenvalue weighted by Gasteiger charge is 1.93. The first-order valence-corrected chi connectivity index (χ1v) is 4.92. The number of aliphatic hydroxyl groups is 3. The molecule has 0 bridgehead atoms. The van der Waals surface area contributed by atoms with Crippen LogP contribution in [-0.2, 0) is 4.74 Å². The zero-order valence-electron chi connectivity index (χ0n) is 9.47. The predicted molar refractivity (Wildman–Crippen MR) is 60.6 cm³/mol. The second-order valence-electron chi connectivity index (χ2n) is 2.69. The topological polar surface area (TPSA) is 69.9 Å². The maximum atomic E-state index is 8.17. The number of aliphatic hydroxyl groups excluding tert-OH is 3. The van der Waals surface area contributed by atoms with Crippen LogP contribution >= 0.6 is 0 Å². The van der Waals surface area contributed by atoms with Gasteiger partial charge >= 0.3 is 0 Å². The monoisotopic (exact) mass is 218 g/mol. The molecule has 0 radical (unpaired) electrons. The summed E-state index contributed by atoms with van der Waals surface area (Å²) in [5.74, 6) is 0. The standard InChI is InChI=1S/C8H14O.C3H8O3/c1-3-5-7-9-8-6-4-2;4-1-3(6)2-5/h3-6H,7-8H2,1-2H3;3-6H,1-2H2. The van der Waals surface area contributed by atoms with Gasteiger partial charge in [-0.3, -0.25) is 0 Å². The minimum absolute atomic E-state index is 0.365. The summed E-state index contributed by atoms with van der Waals surface area (Å²) >= 11 is 0. The van der Waals surface area contributed by atoms with E-state index in [0.29, 0.717) is 0 Å². The van der Waals surface area contributed by atoms with E-state index in [2.05, 4.69) is 0 Å². The summed E-state index contributed by atoms with van der Waals surface area (Å²) in [6, 6.07) is 0. The highest BCUT2D eigenvalue weighted by Crippen LogP contribution is 1.78. The Bertz CT molecular complexity index is 139. The number of hydrogen-bond acceptors (Lipinski definition) is 4. The Hall–Kier alpha value is -0.680. The molecular formula is C11H22O4. The van der Waals surface area contributed by atoms with Crippen molar-refractivity contribution in [3.05, 3.63) is 24.3 Å². The fourth-order valence-corrected chi connectivity index (χ4v) is 0.454. The second-order valence-corrected chi connectivity index (χ2v) is 2.69. The van der Waals surface area contributed by atoms with E-state index >= 15 is 0 Å². The van der Waals surface area contributed by atoms with Gasteiger partial charge in [-0.2, -0.15) is 0 Å². The normalized spacial score (nSPS) is 11.1. The molecule has 0 spiro atoms. The Balaban J connectivity index is 0. The van der Waals surface area contributed by atoms with Gasteiger partial charge in [-0.05, 0) is 13.8 Å². The molecule has 15 heavy (non-hydrogen) atoms. The van der Waals surface area contributed by atoms with Gasteiger partial charge in [0.15, 0.2) is 0 Å². The van der Waals surface area contributed by atoms with Gasteiger partial charge < -0.3 is 20.1 Å². The Morgan fingerprint density at radius 1 is 1.00 bits per heavy atom. The molecule has 0 aromatic heterocycles. The van der Waals surface area contributed by atoms with Crippen molar-refractivity contribution in [1.82, 2.24) is 0 Å². The Morgan fingerprint density at radius 2 is 1.40 bits per heavy atom. The lowest BCUT2D eigenvalue weighted by Gasteiger charge is -1.96. The third kappa shape index (κ3) is 19.7. The summed E-state index contributed by atoms with van der Waals surface area (Å²) in [6.07, 6.45) is 6.99. The lowest BCUT2D eigenvalue weighted by molar-refractivity contribution is 0.0450. The Labute approximate surface area is 91.5 Å². The van der Waals surface area contributed by atoms with Crippen LogP contribution in [0.4, 0.5) is 0 Å². The maximum Gasteiger partial charge on any atom is 0.100 e. The minimum atomic E-state index is -0.954. The summed E-state index contributed by atoms with van der Waals surface area (Å²) in [6.45, 7) is 4.69.